The summed E-state index contributed by atoms with van der Waals surface area (Å²) in [6, 6.07) is 15.5. The second-order valence-corrected chi connectivity index (χ2v) is 9.35. The van der Waals surface area contributed by atoms with Crippen LogP contribution in [-0.2, 0) is 14.3 Å². The number of alkyl carbamates (subject to hydrolysis) is 2. The van der Waals surface area contributed by atoms with Crippen molar-refractivity contribution in [2.24, 2.45) is 5.73 Å². The lowest BCUT2D eigenvalue weighted by atomic mass is 9.98. The molecule has 34 heavy (non-hydrogen) atoms. The fourth-order valence-corrected chi connectivity index (χ4v) is 4.05. The quantitative estimate of drug-likeness (QED) is 0.480. The van der Waals surface area contributed by atoms with E-state index in [4.69, 9.17) is 15.2 Å². The Hall–Kier alpha value is -3.55. The maximum atomic E-state index is 12.2. The molecule has 1 aliphatic carbocycles. The second-order valence-electron chi connectivity index (χ2n) is 9.35. The lowest BCUT2D eigenvalue weighted by Crippen LogP contribution is -2.46. The minimum absolute atomic E-state index is 0.00778. The SMILES string of the molecule is CC(C)(C)OC(=O)NC(CCCCNC(=O)OCC1c2ccccc2-c2ccccc21)C(N)=O. The minimum Gasteiger partial charge on any atom is -0.449 e. The van der Waals surface area contributed by atoms with Gasteiger partial charge in [0.15, 0.2) is 0 Å². The molecule has 0 fully saturated rings. The number of unbranched alkanes of at least 4 members (excludes halogenated alkanes) is 1. The Balaban J connectivity index is 1.40. The number of carbonyl (C=O) groups is 3. The first-order chi connectivity index (χ1) is 16.2. The lowest BCUT2D eigenvalue weighted by Gasteiger charge is -2.22. The van der Waals surface area contributed by atoms with Gasteiger partial charge in [0.05, 0.1) is 0 Å². The first-order valence-corrected chi connectivity index (χ1v) is 11.5. The molecule has 2 aromatic rings. The van der Waals surface area contributed by atoms with E-state index >= 15 is 0 Å². The normalized spacial score (nSPS) is 13.4. The summed E-state index contributed by atoms with van der Waals surface area (Å²) in [4.78, 5) is 35.7. The van der Waals surface area contributed by atoms with E-state index in [1.165, 1.54) is 11.1 Å². The molecular formula is C26H33N3O5. The van der Waals surface area contributed by atoms with Crippen LogP contribution in [0.3, 0.4) is 0 Å². The van der Waals surface area contributed by atoms with Gasteiger partial charge in [0, 0.05) is 12.5 Å². The minimum atomic E-state index is -0.829. The number of nitrogens with two attached hydrogens (primary N) is 1. The Morgan fingerprint density at radius 1 is 0.941 bits per heavy atom. The Morgan fingerprint density at radius 3 is 2.09 bits per heavy atom. The molecule has 0 saturated carbocycles. The molecule has 3 rings (SSSR count). The van der Waals surface area contributed by atoms with Gasteiger partial charge in [-0.25, -0.2) is 9.59 Å². The zero-order chi connectivity index (χ0) is 24.7. The van der Waals surface area contributed by atoms with Crippen LogP contribution in [-0.4, -0.2) is 42.9 Å². The summed E-state index contributed by atoms with van der Waals surface area (Å²) < 4.78 is 10.7. The van der Waals surface area contributed by atoms with Gasteiger partial charge in [0.25, 0.3) is 0 Å². The Morgan fingerprint density at radius 2 is 1.53 bits per heavy atom. The Bertz CT molecular complexity index is 986. The number of carbonyl (C=O) groups excluding carboxylic acids is 3. The highest BCUT2D eigenvalue weighted by molar-refractivity contribution is 5.84. The van der Waals surface area contributed by atoms with Crippen LogP contribution >= 0.6 is 0 Å². The number of ether oxygens (including phenoxy) is 2. The first kappa shape index (κ1) is 25.1. The third-order valence-corrected chi connectivity index (χ3v) is 5.57. The van der Waals surface area contributed by atoms with Gasteiger partial charge in [-0.2, -0.15) is 0 Å². The number of amides is 3. The molecule has 0 spiro atoms. The molecule has 0 radical (unpaired) electrons. The van der Waals surface area contributed by atoms with Gasteiger partial charge in [0.1, 0.15) is 18.2 Å². The summed E-state index contributed by atoms with van der Waals surface area (Å²) in [6.07, 6.45) is 0.353. The van der Waals surface area contributed by atoms with E-state index < -0.39 is 29.7 Å². The molecule has 2 aromatic carbocycles. The maximum absolute atomic E-state index is 12.2. The summed E-state index contributed by atoms with van der Waals surface area (Å²) in [5, 5.41) is 5.23. The van der Waals surface area contributed by atoms with Crippen molar-refractivity contribution in [2.45, 2.75) is 57.6 Å². The van der Waals surface area contributed by atoms with E-state index in [0.29, 0.717) is 25.8 Å². The Labute approximate surface area is 200 Å². The molecule has 0 bridgehead atoms. The monoisotopic (exact) mass is 467 g/mol. The highest BCUT2D eigenvalue weighted by Gasteiger charge is 2.29. The number of primary amides is 1. The van der Waals surface area contributed by atoms with Crippen molar-refractivity contribution < 1.29 is 23.9 Å². The third-order valence-electron chi connectivity index (χ3n) is 5.57. The average Bonchev–Trinajstić information content (AvgIpc) is 3.09. The molecule has 3 amide bonds. The van der Waals surface area contributed by atoms with Gasteiger partial charge in [-0.1, -0.05) is 48.5 Å². The number of fused-ring (bicyclic) bond motifs is 3. The highest BCUT2D eigenvalue weighted by atomic mass is 16.6. The van der Waals surface area contributed by atoms with Crippen LogP contribution in [0.25, 0.3) is 11.1 Å². The number of benzene rings is 2. The molecule has 1 unspecified atom stereocenters. The molecular weight excluding hydrogens is 434 g/mol. The van der Waals surface area contributed by atoms with Gasteiger partial charge in [-0.3, -0.25) is 4.79 Å². The average molecular weight is 468 g/mol. The van der Waals surface area contributed by atoms with Crippen molar-refractivity contribution in [1.82, 2.24) is 10.6 Å². The van der Waals surface area contributed by atoms with E-state index in [1.807, 2.05) is 24.3 Å². The van der Waals surface area contributed by atoms with Crippen LogP contribution in [0, 0.1) is 0 Å². The molecule has 8 heteroatoms. The zero-order valence-electron chi connectivity index (χ0n) is 19.9. The summed E-state index contributed by atoms with van der Waals surface area (Å²) >= 11 is 0. The van der Waals surface area contributed by atoms with Crippen LogP contribution in [0.1, 0.15) is 57.1 Å². The van der Waals surface area contributed by atoms with Crippen molar-refractivity contribution in [3.05, 3.63) is 59.7 Å². The van der Waals surface area contributed by atoms with Crippen molar-refractivity contribution in [3.63, 3.8) is 0 Å². The number of hydrogen-bond donors (Lipinski definition) is 3. The van der Waals surface area contributed by atoms with Gasteiger partial charge in [-0.15, -0.1) is 0 Å². The lowest BCUT2D eigenvalue weighted by molar-refractivity contribution is -0.120. The molecule has 1 atom stereocenters. The smallest absolute Gasteiger partial charge is 0.408 e. The summed E-state index contributed by atoms with van der Waals surface area (Å²) in [5.41, 5.74) is 9.38. The van der Waals surface area contributed by atoms with E-state index in [2.05, 4.69) is 34.9 Å². The van der Waals surface area contributed by atoms with Gasteiger partial charge in [-0.05, 0) is 62.3 Å². The van der Waals surface area contributed by atoms with Gasteiger partial charge < -0.3 is 25.8 Å². The van der Waals surface area contributed by atoms with E-state index in [-0.39, 0.29) is 12.5 Å². The fraction of sp³-hybridized carbons (Fsp3) is 0.423. The zero-order valence-corrected chi connectivity index (χ0v) is 19.9. The maximum Gasteiger partial charge on any atom is 0.408 e. The summed E-state index contributed by atoms with van der Waals surface area (Å²) in [6.45, 7) is 5.85. The van der Waals surface area contributed by atoms with E-state index in [9.17, 15) is 14.4 Å². The number of rotatable bonds is 9. The van der Waals surface area contributed by atoms with Crippen LogP contribution in [0.2, 0.25) is 0 Å². The van der Waals surface area contributed by atoms with Gasteiger partial charge >= 0.3 is 12.2 Å². The van der Waals surface area contributed by atoms with Gasteiger partial charge in [0.2, 0.25) is 5.91 Å². The first-order valence-electron chi connectivity index (χ1n) is 11.5. The predicted molar refractivity (Wildman–Crippen MR) is 129 cm³/mol. The largest absolute Gasteiger partial charge is 0.449 e. The molecule has 0 aromatic heterocycles. The predicted octanol–water partition coefficient (Wildman–Crippen LogP) is 4.07. The van der Waals surface area contributed by atoms with Crippen LogP contribution in [0.15, 0.2) is 48.5 Å². The van der Waals surface area contributed by atoms with E-state index in [1.54, 1.807) is 20.8 Å². The summed E-state index contributed by atoms with van der Waals surface area (Å²) in [7, 11) is 0. The molecule has 4 N–H and O–H groups in total. The number of hydrogen-bond acceptors (Lipinski definition) is 5. The summed E-state index contributed by atoms with van der Waals surface area (Å²) in [5.74, 6) is -0.622. The molecule has 182 valence electrons. The number of nitrogens with one attached hydrogen (secondary N) is 2. The Kier molecular flexibility index (Phi) is 8.15. The molecule has 8 nitrogen and oxygen atoms in total. The highest BCUT2D eigenvalue weighted by Crippen LogP contribution is 2.44. The van der Waals surface area contributed by atoms with Crippen LogP contribution in [0.5, 0.6) is 0 Å². The van der Waals surface area contributed by atoms with Crippen molar-refractivity contribution in [3.8, 4) is 11.1 Å². The van der Waals surface area contributed by atoms with Crippen molar-refractivity contribution >= 4 is 18.1 Å². The van der Waals surface area contributed by atoms with Crippen LogP contribution in [0.4, 0.5) is 9.59 Å². The molecule has 1 aliphatic rings. The third kappa shape index (κ3) is 6.73. The topological polar surface area (TPSA) is 120 Å². The standard InChI is InChI=1S/C26H33N3O5/c1-26(2,3)34-25(32)29-22(23(27)30)14-8-9-15-28-24(31)33-16-21-19-12-6-4-10-17(19)18-11-5-7-13-20(18)21/h4-7,10-13,21-22H,8-9,14-16H2,1-3H3,(H2,27,30)(H,28,31)(H,29,32). The van der Waals surface area contributed by atoms with Crippen LogP contribution < -0.4 is 16.4 Å². The molecule has 0 aliphatic heterocycles. The molecule has 0 saturated heterocycles. The van der Waals surface area contributed by atoms with Crippen molar-refractivity contribution in [2.75, 3.05) is 13.2 Å². The fourth-order valence-electron chi connectivity index (χ4n) is 4.05. The van der Waals surface area contributed by atoms with Crippen molar-refractivity contribution in [1.29, 1.82) is 0 Å². The van der Waals surface area contributed by atoms with E-state index in [0.717, 1.165) is 11.1 Å². The second kappa shape index (κ2) is 11.0. The molecule has 0 heterocycles.